The van der Waals surface area contributed by atoms with E-state index in [4.69, 9.17) is 16.3 Å². The third-order valence-corrected chi connectivity index (χ3v) is 3.42. The largest absolute Gasteiger partial charge is 0.489 e. The fraction of sp³-hybridized carbons (Fsp3) is 0.385. The monoisotopic (exact) mass is 263 g/mol. The van der Waals surface area contributed by atoms with Crippen LogP contribution in [-0.2, 0) is 12.8 Å². The highest BCUT2D eigenvalue weighted by Gasteiger charge is 2.21. The summed E-state index contributed by atoms with van der Waals surface area (Å²) in [5.41, 5.74) is 2.23. The first-order valence-electron chi connectivity index (χ1n) is 6.07. The second kappa shape index (κ2) is 4.28. The van der Waals surface area contributed by atoms with Crippen LogP contribution in [-0.4, -0.2) is 21.1 Å². The van der Waals surface area contributed by atoms with Gasteiger partial charge in [0.05, 0.1) is 12.3 Å². The maximum Gasteiger partial charge on any atom is 0.182 e. The van der Waals surface area contributed by atoms with Gasteiger partial charge in [-0.1, -0.05) is 18.5 Å². The molecule has 0 amide bonds. The maximum absolute atomic E-state index is 5.99. The Morgan fingerprint density at radius 2 is 2.22 bits per heavy atom. The van der Waals surface area contributed by atoms with E-state index in [-0.39, 0.29) is 0 Å². The Balaban J connectivity index is 2.28. The van der Waals surface area contributed by atoms with E-state index >= 15 is 0 Å². The number of halogens is 1. The minimum atomic E-state index is 0.469. The van der Waals surface area contributed by atoms with E-state index < -0.39 is 0 Å². The van der Waals surface area contributed by atoms with Crippen LogP contribution in [0.5, 0.6) is 5.75 Å². The van der Waals surface area contributed by atoms with Crippen molar-refractivity contribution in [3.8, 4) is 11.6 Å². The molecule has 2 aromatic heterocycles. The Kier molecular flexibility index (Phi) is 2.74. The Bertz CT molecular complexity index is 607. The van der Waals surface area contributed by atoms with Crippen molar-refractivity contribution in [3.63, 3.8) is 0 Å². The van der Waals surface area contributed by atoms with Gasteiger partial charge in [-0.15, -0.1) is 0 Å². The summed E-state index contributed by atoms with van der Waals surface area (Å²) in [4.78, 5) is 9.04. The molecule has 0 unspecified atom stereocenters. The zero-order valence-electron chi connectivity index (χ0n) is 10.4. The van der Waals surface area contributed by atoms with Crippen LogP contribution in [0.3, 0.4) is 0 Å². The lowest BCUT2D eigenvalue weighted by atomic mass is 10.3. The lowest BCUT2D eigenvalue weighted by Crippen LogP contribution is -2.03. The second-order valence-corrected chi connectivity index (χ2v) is 4.69. The molecule has 2 aromatic rings. The molecule has 0 saturated carbocycles. The van der Waals surface area contributed by atoms with Crippen LogP contribution in [0.2, 0.25) is 5.15 Å². The first kappa shape index (κ1) is 11.5. The second-order valence-electron chi connectivity index (χ2n) is 4.30. The van der Waals surface area contributed by atoms with Gasteiger partial charge < -0.3 is 4.74 Å². The van der Waals surface area contributed by atoms with Crippen molar-refractivity contribution in [2.24, 2.45) is 0 Å². The van der Waals surface area contributed by atoms with Gasteiger partial charge in [0.25, 0.3) is 0 Å². The number of fused-ring (bicyclic) bond motifs is 3. The molecule has 0 radical (unpaired) electrons. The molecule has 0 aliphatic carbocycles. The van der Waals surface area contributed by atoms with E-state index in [1.807, 2.05) is 6.07 Å². The molecule has 1 aliphatic heterocycles. The highest BCUT2D eigenvalue weighted by molar-refractivity contribution is 6.29. The van der Waals surface area contributed by atoms with Gasteiger partial charge in [-0.05, 0) is 25.5 Å². The quantitative estimate of drug-likeness (QED) is 0.743. The molecule has 4 nitrogen and oxygen atoms in total. The standard InChI is InChI=1S/C13H14ClN3O/c1-3-9-8(2)17-12(15-9)6-7-18-10-4-5-11(14)16-13(10)17/h4-5H,3,6-7H2,1-2H3. The van der Waals surface area contributed by atoms with E-state index in [9.17, 15) is 0 Å². The van der Waals surface area contributed by atoms with E-state index in [0.29, 0.717) is 11.8 Å². The van der Waals surface area contributed by atoms with Crippen molar-refractivity contribution in [3.05, 3.63) is 34.5 Å². The summed E-state index contributed by atoms with van der Waals surface area (Å²) in [6.07, 6.45) is 1.71. The number of pyridine rings is 1. The molecule has 0 fully saturated rings. The Labute approximate surface area is 111 Å². The van der Waals surface area contributed by atoms with Gasteiger partial charge in [-0.2, -0.15) is 0 Å². The lowest BCUT2D eigenvalue weighted by molar-refractivity contribution is 0.324. The van der Waals surface area contributed by atoms with Crippen molar-refractivity contribution in [1.29, 1.82) is 0 Å². The van der Waals surface area contributed by atoms with Crippen molar-refractivity contribution in [1.82, 2.24) is 14.5 Å². The van der Waals surface area contributed by atoms with Crippen LogP contribution in [0.25, 0.3) is 5.82 Å². The fourth-order valence-corrected chi connectivity index (χ4v) is 2.47. The molecule has 3 heterocycles. The number of imidazole rings is 1. The number of hydrogen-bond acceptors (Lipinski definition) is 3. The Hall–Kier alpha value is -1.55. The van der Waals surface area contributed by atoms with Crippen molar-refractivity contribution >= 4 is 11.6 Å². The molecule has 94 valence electrons. The normalized spacial score (nSPS) is 13.5. The topological polar surface area (TPSA) is 39.9 Å². The zero-order chi connectivity index (χ0) is 12.7. The zero-order valence-corrected chi connectivity index (χ0v) is 11.2. The summed E-state index contributed by atoms with van der Waals surface area (Å²) >= 11 is 5.99. The van der Waals surface area contributed by atoms with Crippen LogP contribution in [0.1, 0.15) is 24.1 Å². The Morgan fingerprint density at radius 1 is 1.39 bits per heavy atom. The molecular formula is C13H14ClN3O. The van der Waals surface area contributed by atoms with Crippen LogP contribution in [0.15, 0.2) is 12.1 Å². The van der Waals surface area contributed by atoms with Gasteiger partial charge in [0.1, 0.15) is 11.0 Å². The van der Waals surface area contributed by atoms with Crippen molar-refractivity contribution in [2.45, 2.75) is 26.7 Å². The molecule has 3 rings (SSSR count). The number of aromatic nitrogens is 3. The van der Waals surface area contributed by atoms with Crippen LogP contribution < -0.4 is 4.74 Å². The lowest BCUT2D eigenvalue weighted by Gasteiger charge is -2.09. The summed E-state index contributed by atoms with van der Waals surface area (Å²) in [5, 5.41) is 0.469. The van der Waals surface area contributed by atoms with Crippen molar-refractivity contribution < 1.29 is 4.74 Å². The summed E-state index contributed by atoms with van der Waals surface area (Å²) in [7, 11) is 0. The average molecular weight is 264 g/mol. The van der Waals surface area contributed by atoms with Gasteiger partial charge in [0.15, 0.2) is 11.6 Å². The number of hydrogen-bond donors (Lipinski definition) is 0. The molecule has 0 bridgehead atoms. The molecule has 0 atom stereocenters. The Morgan fingerprint density at radius 3 is 3.00 bits per heavy atom. The molecule has 18 heavy (non-hydrogen) atoms. The van der Waals surface area contributed by atoms with Crippen LogP contribution in [0.4, 0.5) is 0 Å². The highest BCUT2D eigenvalue weighted by atomic mass is 35.5. The van der Waals surface area contributed by atoms with Gasteiger partial charge in [-0.25, -0.2) is 9.97 Å². The summed E-state index contributed by atoms with van der Waals surface area (Å²) in [5.74, 6) is 2.51. The average Bonchev–Trinajstić information content (AvgIpc) is 2.57. The molecule has 0 saturated heterocycles. The van der Waals surface area contributed by atoms with E-state index in [0.717, 1.165) is 41.6 Å². The molecule has 0 aromatic carbocycles. The number of nitrogens with zero attached hydrogens (tertiary/aromatic N) is 3. The summed E-state index contributed by atoms with van der Waals surface area (Å²) < 4.78 is 7.75. The molecular weight excluding hydrogens is 250 g/mol. The van der Waals surface area contributed by atoms with Gasteiger partial charge >= 0.3 is 0 Å². The minimum Gasteiger partial charge on any atom is -0.489 e. The molecule has 0 N–H and O–H groups in total. The first-order valence-corrected chi connectivity index (χ1v) is 6.45. The predicted molar refractivity (Wildman–Crippen MR) is 69.7 cm³/mol. The number of ether oxygens (including phenoxy) is 1. The van der Waals surface area contributed by atoms with Crippen LogP contribution >= 0.6 is 11.6 Å². The maximum atomic E-state index is 5.99. The van der Waals surface area contributed by atoms with E-state index in [2.05, 4.69) is 28.4 Å². The van der Waals surface area contributed by atoms with E-state index in [1.165, 1.54) is 0 Å². The van der Waals surface area contributed by atoms with Gasteiger partial charge in [-0.3, -0.25) is 4.57 Å². The summed E-state index contributed by atoms with van der Waals surface area (Å²) in [6, 6.07) is 3.61. The molecule has 5 heteroatoms. The smallest absolute Gasteiger partial charge is 0.182 e. The van der Waals surface area contributed by atoms with Crippen molar-refractivity contribution in [2.75, 3.05) is 6.61 Å². The fourth-order valence-electron chi connectivity index (χ4n) is 2.33. The third-order valence-electron chi connectivity index (χ3n) is 3.21. The number of aryl methyl sites for hydroxylation is 1. The first-order chi connectivity index (χ1) is 8.70. The minimum absolute atomic E-state index is 0.469. The third kappa shape index (κ3) is 1.68. The van der Waals surface area contributed by atoms with Crippen LogP contribution in [0, 0.1) is 6.92 Å². The highest BCUT2D eigenvalue weighted by Crippen LogP contribution is 2.29. The molecule has 0 spiro atoms. The van der Waals surface area contributed by atoms with Gasteiger partial charge in [0.2, 0.25) is 0 Å². The molecule has 1 aliphatic rings. The van der Waals surface area contributed by atoms with Gasteiger partial charge in [0, 0.05) is 12.1 Å². The SMILES string of the molecule is CCc1nc2n(c1C)-c1nc(Cl)ccc1OCC2. The summed E-state index contributed by atoms with van der Waals surface area (Å²) in [6.45, 7) is 4.79. The van der Waals surface area contributed by atoms with E-state index in [1.54, 1.807) is 6.07 Å². The predicted octanol–water partition coefficient (Wildman–Crippen LogP) is 2.73. The number of rotatable bonds is 1.